The predicted molar refractivity (Wildman–Crippen MR) is 128 cm³/mol. The van der Waals surface area contributed by atoms with E-state index in [9.17, 15) is 9.59 Å². The van der Waals surface area contributed by atoms with E-state index in [1.54, 1.807) is 13.0 Å². The zero-order valence-corrected chi connectivity index (χ0v) is 20.7. The summed E-state index contributed by atoms with van der Waals surface area (Å²) >= 11 is 0. The molecule has 8 nitrogen and oxygen atoms in total. The van der Waals surface area contributed by atoms with Gasteiger partial charge in [0.1, 0.15) is 12.7 Å². The standard InChI is InChI=1S/C25H42N2O6/c1-7-12-17(6)31-24-19(16-30-20(26)14-9-3)32-18(13-8-2)23(27-21(28)11-5)25(24)33-22(29)15-10-4/h8,18-19,23-26H,2,6-7,9-16H2,1,3-5H3,(H,27,28). The van der Waals surface area contributed by atoms with Crippen LogP contribution in [0.15, 0.2) is 25.0 Å². The summed E-state index contributed by atoms with van der Waals surface area (Å²) in [6.07, 6.45) is 3.40. The van der Waals surface area contributed by atoms with E-state index in [4.69, 9.17) is 24.4 Å². The van der Waals surface area contributed by atoms with Gasteiger partial charge in [-0.05, 0) is 25.7 Å². The molecule has 1 fully saturated rings. The smallest absolute Gasteiger partial charge is 0.306 e. The second-order valence-electron chi connectivity index (χ2n) is 8.24. The molecule has 8 heteroatoms. The van der Waals surface area contributed by atoms with E-state index < -0.39 is 30.5 Å². The molecule has 5 atom stereocenters. The van der Waals surface area contributed by atoms with Crippen molar-refractivity contribution in [3.63, 3.8) is 0 Å². The topological polar surface area (TPSA) is 107 Å². The zero-order chi connectivity index (χ0) is 24.8. The molecule has 1 aliphatic rings. The third-order valence-electron chi connectivity index (χ3n) is 5.29. The number of nitrogens with one attached hydrogen (secondary N) is 2. The number of carbonyl (C=O) groups excluding carboxylic acids is 2. The van der Waals surface area contributed by atoms with Crippen molar-refractivity contribution in [2.75, 3.05) is 6.61 Å². The van der Waals surface area contributed by atoms with E-state index in [1.807, 2.05) is 20.8 Å². The minimum atomic E-state index is -0.805. The van der Waals surface area contributed by atoms with E-state index in [0.717, 1.165) is 12.8 Å². The van der Waals surface area contributed by atoms with Gasteiger partial charge in [0, 0.05) is 25.7 Å². The fourth-order valence-electron chi connectivity index (χ4n) is 3.69. The quantitative estimate of drug-likeness (QED) is 0.122. The maximum absolute atomic E-state index is 12.6. The van der Waals surface area contributed by atoms with Gasteiger partial charge in [0.05, 0.1) is 17.9 Å². The number of esters is 1. The summed E-state index contributed by atoms with van der Waals surface area (Å²) in [5, 5.41) is 11.0. The Hall–Kier alpha value is -2.35. The van der Waals surface area contributed by atoms with Crippen molar-refractivity contribution in [3.8, 4) is 0 Å². The summed E-state index contributed by atoms with van der Waals surface area (Å²) in [5.41, 5.74) is 0. The van der Waals surface area contributed by atoms with E-state index in [1.165, 1.54) is 0 Å². The van der Waals surface area contributed by atoms with Crippen molar-refractivity contribution in [2.24, 2.45) is 0 Å². The Morgan fingerprint density at radius 3 is 2.24 bits per heavy atom. The number of hydrogen-bond acceptors (Lipinski definition) is 7. The van der Waals surface area contributed by atoms with Gasteiger partial charge in [-0.25, -0.2) is 0 Å². The highest BCUT2D eigenvalue weighted by Gasteiger charge is 2.50. The van der Waals surface area contributed by atoms with Gasteiger partial charge >= 0.3 is 5.97 Å². The van der Waals surface area contributed by atoms with Gasteiger partial charge < -0.3 is 24.3 Å². The first-order valence-electron chi connectivity index (χ1n) is 12.1. The van der Waals surface area contributed by atoms with Gasteiger partial charge in [-0.1, -0.05) is 40.3 Å². The molecular weight excluding hydrogens is 424 g/mol. The molecule has 0 aromatic carbocycles. The van der Waals surface area contributed by atoms with Crippen molar-refractivity contribution in [2.45, 2.75) is 110 Å². The van der Waals surface area contributed by atoms with E-state index in [-0.39, 0.29) is 37.2 Å². The number of carbonyl (C=O) groups is 2. The minimum absolute atomic E-state index is 0.0623. The summed E-state index contributed by atoms with van der Waals surface area (Å²) in [6, 6.07) is -0.623. The minimum Gasteiger partial charge on any atom is -0.489 e. The van der Waals surface area contributed by atoms with Crippen LogP contribution in [0.25, 0.3) is 0 Å². The van der Waals surface area contributed by atoms with Crippen molar-refractivity contribution in [3.05, 3.63) is 25.0 Å². The average molecular weight is 467 g/mol. The molecule has 0 aliphatic carbocycles. The number of allylic oxidation sites excluding steroid dienone is 1. The fraction of sp³-hybridized carbons (Fsp3) is 0.720. The molecule has 0 saturated carbocycles. The zero-order valence-electron chi connectivity index (χ0n) is 20.7. The van der Waals surface area contributed by atoms with E-state index in [2.05, 4.69) is 18.5 Å². The summed E-state index contributed by atoms with van der Waals surface area (Å²) < 4.78 is 24.0. The fourth-order valence-corrected chi connectivity index (χ4v) is 3.69. The van der Waals surface area contributed by atoms with Crippen LogP contribution in [0.3, 0.4) is 0 Å². The first kappa shape index (κ1) is 28.7. The summed E-state index contributed by atoms with van der Waals surface area (Å²) in [4.78, 5) is 24.9. The Morgan fingerprint density at radius 1 is 1.00 bits per heavy atom. The highest BCUT2D eigenvalue weighted by molar-refractivity contribution is 5.76. The van der Waals surface area contributed by atoms with Crippen LogP contribution in [0.4, 0.5) is 0 Å². The molecule has 2 N–H and O–H groups in total. The van der Waals surface area contributed by atoms with Gasteiger partial charge in [0.2, 0.25) is 5.91 Å². The number of hydrogen-bond donors (Lipinski definition) is 2. The second kappa shape index (κ2) is 15.5. The highest BCUT2D eigenvalue weighted by atomic mass is 16.6. The van der Waals surface area contributed by atoms with Crippen LogP contribution in [0.2, 0.25) is 0 Å². The SMILES string of the molecule is C=CCC1OC(COC(=N)CCC)C(OC(=C)CCC)C(OC(=O)CCC)C1NC(=O)CC. The van der Waals surface area contributed by atoms with Crippen LogP contribution >= 0.6 is 0 Å². The normalized spacial score (nSPS) is 24.4. The van der Waals surface area contributed by atoms with E-state index >= 15 is 0 Å². The molecule has 188 valence electrons. The first-order valence-corrected chi connectivity index (χ1v) is 12.1. The Bertz CT molecular complexity index is 665. The highest BCUT2D eigenvalue weighted by Crippen LogP contribution is 2.31. The van der Waals surface area contributed by atoms with Gasteiger partial charge in [0.25, 0.3) is 0 Å². The molecule has 0 aromatic rings. The maximum Gasteiger partial charge on any atom is 0.306 e. The summed E-state index contributed by atoms with van der Waals surface area (Å²) in [7, 11) is 0. The van der Waals surface area contributed by atoms with Gasteiger partial charge in [-0.2, -0.15) is 0 Å². The monoisotopic (exact) mass is 466 g/mol. The number of amides is 1. The lowest BCUT2D eigenvalue weighted by Crippen LogP contribution is -2.65. The molecule has 0 radical (unpaired) electrons. The van der Waals surface area contributed by atoms with Crippen molar-refractivity contribution in [1.29, 1.82) is 5.41 Å². The van der Waals surface area contributed by atoms with Gasteiger partial charge in [-0.3, -0.25) is 15.0 Å². The lowest BCUT2D eigenvalue weighted by atomic mass is 9.90. The van der Waals surface area contributed by atoms with Crippen LogP contribution in [0.1, 0.15) is 79.1 Å². The van der Waals surface area contributed by atoms with Crippen LogP contribution in [0.5, 0.6) is 0 Å². The van der Waals surface area contributed by atoms with Crippen LogP contribution in [0, 0.1) is 5.41 Å². The van der Waals surface area contributed by atoms with Gasteiger partial charge in [-0.15, -0.1) is 6.58 Å². The Balaban J connectivity index is 3.33. The lowest BCUT2D eigenvalue weighted by Gasteiger charge is -2.46. The molecule has 1 amide bonds. The maximum atomic E-state index is 12.6. The molecule has 0 aromatic heterocycles. The average Bonchev–Trinajstić information content (AvgIpc) is 2.76. The van der Waals surface area contributed by atoms with E-state index in [0.29, 0.717) is 31.4 Å². The lowest BCUT2D eigenvalue weighted by molar-refractivity contribution is -0.213. The largest absolute Gasteiger partial charge is 0.489 e. The molecule has 1 saturated heterocycles. The third kappa shape index (κ3) is 9.58. The van der Waals surface area contributed by atoms with Crippen molar-refractivity contribution in [1.82, 2.24) is 5.32 Å². The van der Waals surface area contributed by atoms with Crippen LogP contribution in [-0.2, 0) is 28.5 Å². The molecular formula is C25H42N2O6. The van der Waals surface area contributed by atoms with Gasteiger partial charge in [0.15, 0.2) is 18.1 Å². The number of ether oxygens (including phenoxy) is 4. The first-order chi connectivity index (χ1) is 15.8. The Kier molecular flexibility index (Phi) is 13.5. The molecule has 1 rings (SSSR count). The van der Waals surface area contributed by atoms with Crippen molar-refractivity contribution < 1.29 is 28.5 Å². The molecule has 0 spiro atoms. The predicted octanol–water partition coefficient (Wildman–Crippen LogP) is 4.43. The summed E-state index contributed by atoms with van der Waals surface area (Å²) in [5.74, 6) is 0.151. The molecule has 1 aliphatic heterocycles. The van der Waals surface area contributed by atoms with Crippen LogP contribution < -0.4 is 5.32 Å². The Labute approximate surface area is 198 Å². The summed E-state index contributed by atoms with van der Waals surface area (Å²) in [6.45, 7) is 15.5. The molecule has 5 unspecified atom stereocenters. The van der Waals surface area contributed by atoms with Crippen molar-refractivity contribution >= 4 is 17.8 Å². The Morgan fingerprint density at radius 2 is 1.67 bits per heavy atom. The number of rotatable bonds is 15. The molecule has 0 bridgehead atoms. The molecule has 1 heterocycles. The molecule has 33 heavy (non-hydrogen) atoms. The van der Waals surface area contributed by atoms with Crippen LogP contribution in [-0.4, -0.2) is 54.8 Å². The third-order valence-corrected chi connectivity index (χ3v) is 5.29. The second-order valence-corrected chi connectivity index (χ2v) is 8.24.